The maximum atomic E-state index is 13.5. The Bertz CT molecular complexity index is 869. The van der Waals surface area contributed by atoms with Crippen LogP contribution in [-0.4, -0.2) is 16.9 Å². The zero-order valence-corrected chi connectivity index (χ0v) is 14.1. The van der Waals surface area contributed by atoms with Crippen molar-refractivity contribution < 1.29 is 9.18 Å². The lowest BCUT2D eigenvalue weighted by atomic mass is 9.91. The molecule has 0 radical (unpaired) electrons. The summed E-state index contributed by atoms with van der Waals surface area (Å²) >= 11 is 1.69. The molecule has 0 saturated heterocycles. The monoisotopic (exact) mass is 342 g/mol. The molecule has 1 atom stereocenters. The number of benzene rings is 1. The average molecular weight is 342 g/mol. The van der Waals surface area contributed by atoms with E-state index in [-0.39, 0.29) is 17.8 Å². The number of thiophene rings is 1. The molecule has 2 heterocycles. The quantitative estimate of drug-likeness (QED) is 0.740. The topological polar surface area (TPSA) is 44.9 Å². The molecule has 1 aliphatic rings. The van der Waals surface area contributed by atoms with Crippen molar-refractivity contribution in [2.75, 3.05) is 0 Å². The third-order valence-electron chi connectivity index (χ3n) is 4.69. The summed E-state index contributed by atoms with van der Waals surface area (Å²) in [6.45, 7) is 0. The molecule has 0 fully saturated rings. The van der Waals surface area contributed by atoms with E-state index in [4.69, 9.17) is 0 Å². The Labute approximate surface area is 143 Å². The number of hydrogen-bond donors (Lipinski definition) is 2. The molecule has 3 aromatic rings. The molecular formula is C19H19FN2OS. The summed E-state index contributed by atoms with van der Waals surface area (Å²) in [4.78, 5) is 16.8. The van der Waals surface area contributed by atoms with Crippen LogP contribution in [0.2, 0.25) is 0 Å². The van der Waals surface area contributed by atoms with E-state index in [0.717, 1.165) is 42.1 Å². The van der Waals surface area contributed by atoms with E-state index < -0.39 is 0 Å². The first-order valence-corrected chi connectivity index (χ1v) is 9.18. The van der Waals surface area contributed by atoms with Gasteiger partial charge in [-0.3, -0.25) is 4.79 Å². The van der Waals surface area contributed by atoms with Crippen LogP contribution in [0.15, 0.2) is 35.7 Å². The molecule has 0 bridgehead atoms. The highest BCUT2D eigenvalue weighted by atomic mass is 32.1. The van der Waals surface area contributed by atoms with E-state index in [1.54, 1.807) is 23.5 Å². The first-order chi connectivity index (χ1) is 11.7. The fourth-order valence-corrected chi connectivity index (χ4v) is 4.21. The van der Waals surface area contributed by atoms with Crippen molar-refractivity contribution in [3.63, 3.8) is 0 Å². The minimum absolute atomic E-state index is 0.0999. The van der Waals surface area contributed by atoms with Crippen LogP contribution in [0.5, 0.6) is 0 Å². The van der Waals surface area contributed by atoms with Crippen molar-refractivity contribution in [3.8, 4) is 0 Å². The second-order valence-corrected chi connectivity index (χ2v) is 7.39. The largest absolute Gasteiger partial charge is 0.358 e. The summed E-state index contributed by atoms with van der Waals surface area (Å²) in [6, 6.07) is 9.06. The van der Waals surface area contributed by atoms with Gasteiger partial charge in [-0.25, -0.2) is 4.39 Å². The van der Waals surface area contributed by atoms with Crippen LogP contribution in [0.1, 0.15) is 29.0 Å². The summed E-state index contributed by atoms with van der Waals surface area (Å²) in [6.07, 6.45) is 3.89. The van der Waals surface area contributed by atoms with E-state index in [9.17, 15) is 9.18 Å². The van der Waals surface area contributed by atoms with Gasteiger partial charge in [-0.05, 0) is 60.9 Å². The number of aromatic nitrogens is 1. The van der Waals surface area contributed by atoms with Gasteiger partial charge in [-0.2, -0.15) is 0 Å². The Morgan fingerprint density at radius 1 is 1.38 bits per heavy atom. The van der Waals surface area contributed by atoms with E-state index in [0.29, 0.717) is 6.42 Å². The van der Waals surface area contributed by atoms with Crippen LogP contribution >= 0.6 is 11.3 Å². The van der Waals surface area contributed by atoms with E-state index >= 15 is 0 Å². The highest BCUT2D eigenvalue weighted by Crippen LogP contribution is 2.29. The lowest BCUT2D eigenvalue weighted by Gasteiger charge is -2.23. The zero-order chi connectivity index (χ0) is 16.5. The van der Waals surface area contributed by atoms with Crippen LogP contribution in [0.4, 0.5) is 4.39 Å². The number of carbonyl (C=O) groups is 1. The first-order valence-electron chi connectivity index (χ1n) is 8.30. The normalized spacial score (nSPS) is 17.0. The number of H-pyrrole nitrogens is 1. The third-order valence-corrected chi connectivity index (χ3v) is 5.63. The highest BCUT2D eigenvalue weighted by molar-refractivity contribution is 7.09. The van der Waals surface area contributed by atoms with Gasteiger partial charge in [0.2, 0.25) is 5.91 Å². The lowest BCUT2D eigenvalue weighted by molar-refractivity contribution is -0.121. The van der Waals surface area contributed by atoms with Crippen LogP contribution in [0.3, 0.4) is 0 Å². The smallest absolute Gasteiger partial charge is 0.220 e. The molecule has 1 unspecified atom stereocenters. The molecule has 1 amide bonds. The molecule has 5 heteroatoms. The molecule has 0 aliphatic heterocycles. The molecule has 3 nitrogen and oxygen atoms in total. The number of fused-ring (bicyclic) bond motifs is 3. The molecule has 0 saturated carbocycles. The van der Waals surface area contributed by atoms with E-state index in [2.05, 4.69) is 16.4 Å². The third kappa shape index (κ3) is 3.08. The van der Waals surface area contributed by atoms with Crippen molar-refractivity contribution in [1.82, 2.24) is 10.3 Å². The second-order valence-electron chi connectivity index (χ2n) is 6.36. The molecule has 2 N–H and O–H groups in total. The Morgan fingerprint density at radius 2 is 2.29 bits per heavy atom. The Hall–Kier alpha value is -2.14. The molecule has 124 valence electrons. The van der Waals surface area contributed by atoms with Crippen LogP contribution in [-0.2, 0) is 24.1 Å². The van der Waals surface area contributed by atoms with Crippen molar-refractivity contribution >= 4 is 28.1 Å². The molecule has 2 aromatic heterocycles. The molecule has 1 aliphatic carbocycles. The van der Waals surface area contributed by atoms with Gasteiger partial charge in [-0.15, -0.1) is 11.3 Å². The first kappa shape index (κ1) is 15.4. The predicted octanol–water partition coefficient (Wildman–Crippen LogP) is 3.97. The predicted molar refractivity (Wildman–Crippen MR) is 94.9 cm³/mol. The van der Waals surface area contributed by atoms with Gasteiger partial charge >= 0.3 is 0 Å². The van der Waals surface area contributed by atoms with Gasteiger partial charge in [-0.1, -0.05) is 6.07 Å². The van der Waals surface area contributed by atoms with Gasteiger partial charge in [0.05, 0.1) is 0 Å². The summed E-state index contributed by atoms with van der Waals surface area (Å²) in [7, 11) is 0. The fraction of sp³-hybridized carbons (Fsp3) is 0.316. The minimum Gasteiger partial charge on any atom is -0.358 e. The van der Waals surface area contributed by atoms with Gasteiger partial charge in [0.15, 0.2) is 0 Å². The average Bonchev–Trinajstić information content (AvgIpc) is 3.20. The molecule has 0 spiro atoms. The standard InChI is InChI=1S/C19H19FN2OS/c20-12-3-6-17-15(10-12)16-11-13(4-7-18(16)22-17)21-19(23)8-5-14-2-1-9-24-14/h1-3,6,9-10,13,22H,4-5,7-8,11H2,(H,21,23). The minimum atomic E-state index is -0.216. The number of carbonyl (C=O) groups excluding carboxylic acids is 1. The van der Waals surface area contributed by atoms with Gasteiger partial charge in [0.25, 0.3) is 0 Å². The molecule has 24 heavy (non-hydrogen) atoms. The van der Waals surface area contributed by atoms with Crippen molar-refractivity contribution in [3.05, 3.63) is 57.7 Å². The maximum Gasteiger partial charge on any atom is 0.220 e. The van der Waals surface area contributed by atoms with E-state index in [1.165, 1.54) is 16.6 Å². The number of amides is 1. The van der Waals surface area contributed by atoms with Gasteiger partial charge in [0.1, 0.15) is 5.82 Å². The number of hydrogen-bond acceptors (Lipinski definition) is 2. The number of aryl methyl sites for hydroxylation is 2. The maximum absolute atomic E-state index is 13.5. The fourth-order valence-electron chi connectivity index (χ4n) is 3.50. The summed E-state index contributed by atoms with van der Waals surface area (Å²) in [5.41, 5.74) is 3.31. The number of rotatable bonds is 4. The van der Waals surface area contributed by atoms with Crippen molar-refractivity contribution in [1.29, 1.82) is 0 Å². The van der Waals surface area contributed by atoms with Crippen LogP contribution in [0.25, 0.3) is 10.9 Å². The molecular weight excluding hydrogens is 323 g/mol. The molecule has 4 rings (SSSR count). The summed E-state index contributed by atoms with van der Waals surface area (Å²) in [5, 5.41) is 6.13. The highest BCUT2D eigenvalue weighted by Gasteiger charge is 2.23. The number of halogens is 1. The van der Waals surface area contributed by atoms with Crippen molar-refractivity contribution in [2.45, 2.75) is 38.1 Å². The second kappa shape index (κ2) is 6.40. The lowest BCUT2D eigenvalue weighted by Crippen LogP contribution is -2.38. The SMILES string of the molecule is O=C(CCc1cccs1)NC1CCc2[nH]c3ccc(F)cc3c2C1. The zero-order valence-electron chi connectivity index (χ0n) is 13.3. The van der Waals surface area contributed by atoms with Gasteiger partial charge < -0.3 is 10.3 Å². The van der Waals surface area contributed by atoms with Crippen LogP contribution in [0, 0.1) is 5.82 Å². The summed E-state index contributed by atoms with van der Waals surface area (Å²) in [5.74, 6) is -0.116. The van der Waals surface area contributed by atoms with Crippen molar-refractivity contribution in [2.24, 2.45) is 0 Å². The Morgan fingerprint density at radius 3 is 3.12 bits per heavy atom. The molecule has 1 aromatic carbocycles. The van der Waals surface area contributed by atoms with Crippen LogP contribution < -0.4 is 5.32 Å². The summed E-state index contributed by atoms with van der Waals surface area (Å²) < 4.78 is 13.5. The Kier molecular flexibility index (Phi) is 4.10. The Balaban J connectivity index is 1.43. The number of nitrogens with one attached hydrogen (secondary N) is 2. The van der Waals surface area contributed by atoms with E-state index in [1.807, 2.05) is 11.4 Å². The van der Waals surface area contributed by atoms with Gasteiger partial charge in [0, 0.05) is 33.9 Å². The number of aromatic amines is 1.